The minimum absolute atomic E-state index is 0.116. The standard InChI is InChI=1S/C32H36N12O3/c1-21(16-42-20-37-40-41-42)47-30-12-22(2-3-23(30)13-34)24-14-35-32(36-15-24)38-29-17-43(39-31(29)46-11-10-33)25-4-6-26(7-5-25)44-27-8-9-28(44)19-45-18-27/h2-3,12,14-15,17,20-21,25-28H,4-9,11,16,18-19H2,1H3,(H,35,36,38)/t21-,25?,26?,27-,28+/m0/s1. The van der Waals surface area contributed by atoms with E-state index in [0.717, 1.165) is 50.0 Å². The van der Waals surface area contributed by atoms with E-state index >= 15 is 0 Å². The summed E-state index contributed by atoms with van der Waals surface area (Å²) in [5, 5.41) is 37.9. The van der Waals surface area contributed by atoms with Gasteiger partial charge in [0.2, 0.25) is 5.95 Å². The molecule has 1 saturated carbocycles. The van der Waals surface area contributed by atoms with Crippen LogP contribution in [0.5, 0.6) is 11.6 Å². The lowest BCUT2D eigenvalue weighted by atomic mass is 9.89. The predicted octanol–water partition coefficient (Wildman–Crippen LogP) is 3.66. The molecular weight excluding hydrogens is 600 g/mol. The van der Waals surface area contributed by atoms with Gasteiger partial charge in [-0.15, -0.1) is 10.2 Å². The number of ether oxygens (including phenoxy) is 3. The Hall–Kier alpha value is -5.12. The second-order valence-electron chi connectivity index (χ2n) is 12.3. The molecular formula is C32H36N12O3. The maximum absolute atomic E-state index is 9.63. The molecule has 1 aliphatic carbocycles. The lowest BCUT2D eigenvalue weighted by Crippen LogP contribution is -2.52. The Balaban J connectivity index is 1.02. The molecule has 1 N–H and O–H groups in total. The van der Waals surface area contributed by atoms with E-state index in [4.69, 9.17) is 24.6 Å². The first-order chi connectivity index (χ1) is 23.1. The van der Waals surface area contributed by atoms with E-state index in [2.05, 4.69) is 41.8 Å². The fraction of sp³-hybridized carbons (Fsp3) is 0.500. The maximum atomic E-state index is 9.63. The van der Waals surface area contributed by atoms with Crippen molar-refractivity contribution in [3.8, 4) is 34.9 Å². The Labute approximate surface area is 272 Å². The molecule has 3 fully saturated rings. The monoisotopic (exact) mass is 636 g/mol. The van der Waals surface area contributed by atoms with Gasteiger partial charge >= 0.3 is 0 Å². The van der Waals surface area contributed by atoms with Gasteiger partial charge in [0.1, 0.15) is 36.0 Å². The molecule has 0 spiro atoms. The Kier molecular flexibility index (Phi) is 8.90. The molecule has 15 heteroatoms. The van der Waals surface area contributed by atoms with E-state index < -0.39 is 0 Å². The van der Waals surface area contributed by atoms with Crippen LogP contribution in [0.4, 0.5) is 11.6 Å². The smallest absolute Gasteiger partial charge is 0.257 e. The molecule has 2 aliphatic heterocycles. The van der Waals surface area contributed by atoms with Crippen LogP contribution in [0.3, 0.4) is 0 Å². The summed E-state index contributed by atoms with van der Waals surface area (Å²) in [5.41, 5.74) is 2.57. The molecule has 4 aromatic rings. The Morgan fingerprint density at radius 3 is 2.45 bits per heavy atom. The fourth-order valence-corrected chi connectivity index (χ4v) is 7.07. The van der Waals surface area contributed by atoms with Crippen molar-refractivity contribution >= 4 is 11.6 Å². The van der Waals surface area contributed by atoms with Gasteiger partial charge in [0, 0.05) is 36.1 Å². The van der Waals surface area contributed by atoms with Crippen LogP contribution in [-0.4, -0.2) is 88.9 Å². The van der Waals surface area contributed by atoms with Crippen molar-refractivity contribution < 1.29 is 14.2 Å². The lowest BCUT2D eigenvalue weighted by Gasteiger charge is -2.43. The summed E-state index contributed by atoms with van der Waals surface area (Å²) in [4.78, 5) is 11.8. The molecule has 242 valence electrons. The summed E-state index contributed by atoms with van der Waals surface area (Å²) in [7, 11) is 0. The number of benzene rings is 1. The molecule has 0 radical (unpaired) electrons. The van der Waals surface area contributed by atoms with E-state index in [9.17, 15) is 5.26 Å². The topological polar surface area (TPSA) is 178 Å². The summed E-state index contributed by atoms with van der Waals surface area (Å²) in [5.74, 6) is 1.16. The molecule has 0 unspecified atom stereocenters. The van der Waals surface area contributed by atoms with Gasteiger partial charge in [0.15, 0.2) is 6.61 Å². The van der Waals surface area contributed by atoms with Crippen LogP contribution >= 0.6 is 0 Å². The van der Waals surface area contributed by atoms with Crippen LogP contribution in [0.1, 0.15) is 57.1 Å². The largest absolute Gasteiger partial charge is 0.487 e. The third-order valence-corrected chi connectivity index (χ3v) is 9.23. The van der Waals surface area contributed by atoms with Gasteiger partial charge in [-0.3, -0.25) is 9.58 Å². The van der Waals surface area contributed by atoms with Gasteiger partial charge in [-0.25, -0.2) is 14.6 Å². The van der Waals surface area contributed by atoms with Crippen LogP contribution in [0.2, 0.25) is 0 Å². The molecule has 2 saturated heterocycles. The van der Waals surface area contributed by atoms with Crippen molar-refractivity contribution in [2.45, 2.75) is 82.3 Å². The van der Waals surface area contributed by atoms with Gasteiger partial charge in [-0.1, -0.05) is 6.07 Å². The minimum Gasteiger partial charge on any atom is -0.487 e. The summed E-state index contributed by atoms with van der Waals surface area (Å²) < 4.78 is 21.1. The molecule has 0 amide bonds. The molecule has 2 bridgehead atoms. The summed E-state index contributed by atoms with van der Waals surface area (Å²) in [6.07, 6.45) is 13.3. The van der Waals surface area contributed by atoms with Gasteiger partial charge in [-0.2, -0.15) is 10.5 Å². The molecule has 1 aromatic carbocycles. The van der Waals surface area contributed by atoms with Crippen molar-refractivity contribution in [2.75, 3.05) is 25.1 Å². The Morgan fingerprint density at radius 2 is 1.74 bits per heavy atom. The highest BCUT2D eigenvalue weighted by atomic mass is 16.5. The number of tetrazole rings is 1. The van der Waals surface area contributed by atoms with Gasteiger partial charge in [0.25, 0.3) is 5.88 Å². The molecule has 15 nitrogen and oxygen atoms in total. The second-order valence-corrected chi connectivity index (χ2v) is 12.3. The minimum atomic E-state index is -0.281. The average molecular weight is 637 g/mol. The molecule has 3 aromatic heterocycles. The first-order valence-electron chi connectivity index (χ1n) is 16.0. The highest BCUT2D eigenvalue weighted by molar-refractivity contribution is 5.67. The SMILES string of the molecule is C[C@@H](Cn1cnnn1)Oc1cc(-c2cnc(Nc3cn(C4CCC(N5[C@@H]6CC[C@H]5COC6)CC4)nc3OCC#N)nc2)ccc1C#N. The lowest BCUT2D eigenvalue weighted by molar-refractivity contribution is -0.0458. The molecule has 3 atom stereocenters. The third-order valence-electron chi connectivity index (χ3n) is 9.23. The number of nitrogens with zero attached hydrogens (tertiary/aromatic N) is 11. The van der Waals surface area contributed by atoms with Crippen molar-refractivity contribution in [1.29, 1.82) is 10.5 Å². The third kappa shape index (κ3) is 6.72. The van der Waals surface area contributed by atoms with Crippen LogP contribution in [0.25, 0.3) is 11.1 Å². The number of anilines is 2. The summed E-state index contributed by atoms with van der Waals surface area (Å²) in [6.45, 7) is 3.92. The van der Waals surface area contributed by atoms with Crippen LogP contribution in [0, 0.1) is 22.7 Å². The zero-order chi connectivity index (χ0) is 32.2. The van der Waals surface area contributed by atoms with E-state index in [1.807, 2.05) is 29.9 Å². The van der Waals surface area contributed by atoms with Crippen molar-refractivity contribution in [1.82, 2.24) is 44.9 Å². The zero-order valence-electron chi connectivity index (χ0n) is 26.1. The fourth-order valence-electron chi connectivity index (χ4n) is 7.07. The van der Waals surface area contributed by atoms with E-state index in [-0.39, 0.29) is 18.8 Å². The molecule has 47 heavy (non-hydrogen) atoms. The number of nitriles is 2. The van der Waals surface area contributed by atoms with Crippen molar-refractivity contribution in [3.05, 3.63) is 48.7 Å². The van der Waals surface area contributed by atoms with Crippen molar-refractivity contribution in [2.24, 2.45) is 0 Å². The van der Waals surface area contributed by atoms with Gasteiger partial charge in [0.05, 0.1) is 37.6 Å². The van der Waals surface area contributed by atoms with Gasteiger partial charge < -0.3 is 19.5 Å². The normalized spacial score (nSPS) is 23.0. The maximum Gasteiger partial charge on any atom is 0.257 e. The number of hydrogen-bond donors (Lipinski definition) is 1. The number of fused-ring (bicyclic) bond motifs is 2. The summed E-state index contributed by atoms with van der Waals surface area (Å²) in [6, 6.07) is 11.5. The van der Waals surface area contributed by atoms with E-state index in [1.54, 1.807) is 29.2 Å². The van der Waals surface area contributed by atoms with Crippen molar-refractivity contribution in [3.63, 3.8) is 0 Å². The average Bonchev–Trinajstić information content (AvgIpc) is 3.82. The quantitative estimate of drug-likeness (QED) is 0.252. The highest BCUT2D eigenvalue weighted by Gasteiger charge is 2.42. The molecule has 7 rings (SSSR count). The number of morpholine rings is 1. The first kappa shape index (κ1) is 30.5. The van der Waals surface area contributed by atoms with Crippen LogP contribution < -0.4 is 14.8 Å². The van der Waals surface area contributed by atoms with Gasteiger partial charge in [-0.05, 0) is 73.6 Å². The zero-order valence-corrected chi connectivity index (χ0v) is 26.1. The predicted molar refractivity (Wildman–Crippen MR) is 167 cm³/mol. The molecule has 5 heterocycles. The Bertz CT molecular complexity index is 1720. The second kappa shape index (κ2) is 13.7. The number of rotatable bonds is 11. The van der Waals surface area contributed by atoms with Crippen LogP contribution in [0.15, 0.2) is 43.1 Å². The van der Waals surface area contributed by atoms with E-state index in [1.165, 1.54) is 19.2 Å². The number of nitrogens with one attached hydrogen (secondary N) is 1. The highest BCUT2D eigenvalue weighted by Crippen LogP contribution is 2.39. The number of hydrogen-bond acceptors (Lipinski definition) is 13. The Morgan fingerprint density at radius 1 is 1.00 bits per heavy atom. The summed E-state index contributed by atoms with van der Waals surface area (Å²) >= 11 is 0. The molecule has 3 aliphatic rings. The number of aromatic nitrogens is 8. The first-order valence-corrected chi connectivity index (χ1v) is 16.0. The van der Waals surface area contributed by atoms with E-state index in [0.29, 0.717) is 53.5 Å². The van der Waals surface area contributed by atoms with Crippen LogP contribution in [-0.2, 0) is 11.3 Å².